The molecule has 0 unspecified atom stereocenters. The minimum atomic E-state index is -0.569. The van der Waals surface area contributed by atoms with E-state index in [4.69, 9.17) is 16.3 Å². The number of hydrazine groups is 1. The zero-order valence-electron chi connectivity index (χ0n) is 12.2. The molecule has 0 aliphatic carbocycles. The Morgan fingerprint density at radius 2 is 1.91 bits per heavy atom. The molecular weight excluding hydrogens is 323 g/mol. The molecule has 0 saturated carbocycles. The van der Waals surface area contributed by atoms with Gasteiger partial charge < -0.3 is 4.74 Å². The predicted molar refractivity (Wildman–Crippen MR) is 83.7 cm³/mol. The van der Waals surface area contributed by atoms with Gasteiger partial charge in [-0.15, -0.1) is 0 Å². The Bertz CT molecular complexity index is 737. The van der Waals surface area contributed by atoms with Crippen molar-refractivity contribution in [2.45, 2.75) is 6.42 Å². The quantitative estimate of drug-likeness (QED) is 0.843. The van der Waals surface area contributed by atoms with E-state index in [-0.39, 0.29) is 23.3 Å². The van der Waals surface area contributed by atoms with Gasteiger partial charge in [-0.05, 0) is 29.8 Å². The van der Waals surface area contributed by atoms with Crippen LogP contribution >= 0.6 is 11.6 Å². The predicted octanol–water partition coefficient (Wildman–Crippen LogP) is 2.49. The molecule has 2 aromatic carbocycles. The fourth-order valence-corrected chi connectivity index (χ4v) is 2.07. The van der Waals surface area contributed by atoms with Crippen molar-refractivity contribution in [3.05, 3.63) is 64.4 Å². The summed E-state index contributed by atoms with van der Waals surface area (Å²) in [5, 5.41) is 0.419. The summed E-state index contributed by atoms with van der Waals surface area (Å²) < 4.78 is 18.5. The molecule has 0 heterocycles. The van der Waals surface area contributed by atoms with Gasteiger partial charge in [-0.2, -0.15) is 0 Å². The molecule has 0 aliphatic rings. The fraction of sp³-hybridized carbons (Fsp3) is 0.125. The van der Waals surface area contributed by atoms with E-state index < -0.39 is 17.6 Å². The Kier molecular flexibility index (Phi) is 5.54. The average molecular weight is 337 g/mol. The van der Waals surface area contributed by atoms with Gasteiger partial charge in [0.05, 0.1) is 19.1 Å². The van der Waals surface area contributed by atoms with E-state index in [9.17, 15) is 14.0 Å². The topological polar surface area (TPSA) is 67.4 Å². The fourth-order valence-electron chi connectivity index (χ4n) is 1.91. The van der Waals surface area contributed by atoms with E-state index in [1.165, 1.54) is 43.5 Å². The molecule has 0 aliphatic heterocycles. The lowest BCUT2D eigenvalue weighted by atomic mass is 10.1. The normalized spacial score (nSPS) is 10.0. The summed E-state index contributed by atoms with van der Waals surface area (Å²) in [5.41, 5.74) is 4.93. The van der Waals surface area contributed by atoms with Crippen LogP contribution < -0.4 is 15.6 Å². The Hall–Kier alpha value is -2.60. The highest BCUT2D eigenvalue weighted by atomic mass is 35.5. The number of carbonyl (C=O) groups is 2. The van der Waals surface area contributed by atoms with E-state index in [1.807, 2.05) is 0 Å². The summed E-state index contributed by atoms with van der Waals surface area (Å²) in [6, 6.07) is 10.4. The highest BCUT2D eigenvalue weighted by molar-refractivity contribution is 6.30. The Morgan fingerprint density at radius 3 is 2.61 bits per heavy atom. The maximum Gasteiger partial charge on any atom is 0.273 e. The lowest BCUT2D eigenvalue weighted by Gasteiger charge is -2.11. The average Bonchev–Trinajstić information content (AvgIpc) is 2.54. The third kappa shape index (κ3) is 4.43. The number of hydrogen-bond donors (Lipinski definition) is 2. The highest BCUT2D eigenvalue weighted by Gasteiger charge is 2.14. The molecule has 2 amide bonds. The molecule has 5 nitrogen and oxygen atoms in total. The standard InChI is InChI=1S/C16H14ClFN2O3/c1-23-14-9-11(17)6-7-12(14)16(22)20-19-15(21)8-10-4-2-3-5-13(10)18/h2-7,9H,8H2,1H3,(H,19,21)(H,20,22). The lowest BCUT2D eigenvalue weighted by molar-refractivity contribution is -0.121. The molecule has 2 aromatic rings. The molecule has 0 spiro atoms. The van der Waals surface area contributed by atoms with Crippen molar-refractivity contribution in [2.24, 2.45) is 0 Å². The molecule has 2 rings (SSSR count). The Balaban J connectivity index is 1.97. The summed E-state index contributed by atoms with van der Waals surface area (Å²) in [5.74, 6) is -1.32. The van der Waals surface area contributed by atoms with Crippen molar-refractivity contribution in [1.82, 2.24) is 10.9 Å². The zero-order chi connectivity index (χ0) is 16.8. The molecule has 0 fully saturated rings. The first-order valence-electron chi connectivity index (χ1n) is 6.67. The van der Waals surface area contributed by atoms with Crippen LogP contribution in [0.25, 0.3) is 0 Å². The van der Waals surface area contributed by atoms with E-state index in [2.05, 4.69) is 10.9 Å². The molecule has 23 heavy (non-hydrogen) atoms. The smallest absolute Gasteiger partial charge is 0.273 e. The number of nitrogens with one attached hydrogen (secondary N) is 2. The largest absolute Gasteiger partial charge is 0.496 e. The van der Waals surface area contributed by atoms with Gasteiger partial charge in [-0.25, -0.2) is 4.39 Å². The van der Waals surface area contributed by atoms with Crippen LogP contribution in [0.15, 0.2) is 42.5 Å². The molecule has 0 atom stereocenters. The van der Waals surface area contributed by atoms with Crippen molar-refractivity contribution in [1.29, 1.82) is 0 Å². The van der Waals surface area contributed by atoms with Gasteiger partial charge in [0, 0.05) is 5.02 Å². The van der Waals surface area contributed by atoms with E-state index in [1.54, 1.807) is 6.07 Å². The third-order valence-electron chi connectivity index (χ3n) is 3.03. The Labute approximate surface area is 137 Å². The van der Waals surface area contributed by atoms with Crippen molar-refractivity contribution < 1.29 is 18.7 Å². The first kappa shape index (κ1) is 16.8. The second-order valence-electron chi connectivity index (χ2n) is 4.62. The highest BCUT2D eigenvalue weighted by Crippen LogP contribution is 2.22. The van der Waals surface area contributed by atoms with Gasteiger partial charge in [0.15, 0.2) is 0 Å². The summed E-state index contributed by atoms with van der Waals surface area (Å²) in [4.78, 5) is 23.8. The molecule has 120 valence electrons. The molecule has 2 N–H and O–H groups in total. The van der Waals surface area contributed by atoms with Crippen molar-refractivity contribution >= 4 is 23.4 Å². The van der Waals surface area contributed by atoms with Crippen LogP contribution in [-0.2, 0) is 11.2 Å². The van der Waals surface area contributed by atoms with E-state index in [0.29, 0.717) is 5.02 Å². The van der Waals surface area contributed by atoms with Gasteiger partial charge in [0.1, 0.15) is 11.6 Å². The molecule has 0 bridgehead atoms. The molecule has 0 radical (unpaired) electrons. The van der Waals surface area contributed by atoms with Gasteiger partial charge in [-0.1, -0.05) is 29.8 Å². The minimum absolute atomic E-state index is 0.190. The first-order valence-corrected chi connectivity index (χ1v) is 7.05. The SMILES string of the molecule is COc1cc(Cl)ccc1C(=O)NNC(=O)Cc1ccccc1F. The number of benzene rings is 2. The van der Waals surface area contributed by atoms with Gasteiger partial charge in [0.2, 0.25) is 5.91 Å². The van der Waals surface area contributed by atoms with E-state index in [0.717, 1.165) is 0 Å². The van der Waals surface area contributed by atoms with Crippen molar-refractivity contribution in [2.75, 3.05) is 7.11 Å². The van der Waals surface area contributed by atoms with Crippen molar-refractivity contribution in [3.63, 3.8) is 0 Å². The number of carbonyl (C=O) groups excluding carboxylic acids is 2. The second kappa shape index (κ2) is 7.60. The van der Waals surface area contributed by atoms with Crippen LogP contribution in [0, 0.1) is 5.82 Å². The Morgan fingerprint density at radius 1 is 1.17 bits per heavy atom. The maximum atomic E-state index is 13.5. The maximum absolute atomic E-state index is 13.5. The first-order chi connectivity index (χ1) is 11.0. The number of ether oxygens (including phenoxy) is 1. The molecule has 7 heteroatoms. The summed E-state index contributed by atoms with van der Waals surface area (Å²) >= 11 is 5.82. The summed E-state index contributed by atoms with van der Waals surface area (Å²) in [6.45, 7) is 0. The molecule has 0 saturated heterocycles. The zero-order valence-corrected chi connectivity index (χ0v) is 13.0. The minimum Gasteiger partial charge on any atom is -0.496 e. The number of rotatable bonds is 4. The third-order valence-corrected chi connectivity index (χ3v) is 3.27. The number of amides is 2. The number of hydrogen-bond acceptors (Lipinski definition) is 3. The van der Waals surface area contributed by atoms with Gasteiger partial charge in [0.25, 0.3) is 5.91 Å². The lowest BCUT2D eigenvalue weighted by Crippen LogP contribution is -2.42. The number of halogens is 2. The van der Waals surface area contributed by atoms with E-state index >= 15 is 0 Å². The molecule has 0 aromatic heterocycles. The van der Waals surface area contributed by atoms with Crippen LogP contribution in [-0.4, -0.2) is 18.9 Å². The second-order valence-corrected chi connectivity index (χ2v) is 5.05. The van der Waals surface area contributed by atoms with Crippen molar-refractivity contribution in [3.8, 4) is 5.75 Å². The van der Waals surface area contributed by atoms with Crippen LogP contribution in [0.3, 0.4) is 0 Å². The monoisotopic (exact) mass is 336 g/mol. The van der Waals surface area contributed by atoms with Crippen LogP contribution in [0.2, 0.25) is 5.02 Å². The van der Waals surface area contributed by atoms with Gasteiger partial charge in [-0.3, -0.25) is 20.4 Å². The van der Waals surface area contributed by atoms with Crippen LogP contribution in [0.5, 0.6) is 5.75 Å². The summed E-state index contributed by atoms with van der Waals surface area (Å²) in [6.07, 6.45) is -0.190. The molecular formula is C16H14ClFN2O3. The van der Waals surface area contributed by atoms with Crippen LogP contribution in [0.1, 0.15) is 15.9 Å². The van der Waals surface area contributed by atoms with Crippen LogP contribution in [0.4, 0.5) is 4.39 Å². The summed E-state index contributed by atoms with van der Waals surface area (Å²) in [7, 11) is 1.40. The number of methoxy groups -OCH3 is 1. The van der Waals surface area contributed by atoms with Gasteiger partial charge >= 0.3 is 0 Å².